The van der Waals surface area contributed by atoms with Crippen molar-refractivity contribution in [2.75, 3.05) is 27.2 Å². The van der Waals surface area contributed by atoms with Crippen LogP contribution >= 0.6 is 0 Å². The molecule has 1 saturated heterocycles. The standard InChI is InChI=1S/C20H29NO3/c1-20(2,3)11-14-12-21-7-6-13-8-18(23-4)19(24-5)9-15(13)16(21)10-17(14)22/h8-9,14,16H,6-7,10-12H2,1-5H3/t14-,16-/m0/s1/i6D2,7D2,12D2. The molecule has 0 amide bonds. The summed E-state index contributed by atoms with van der Waals surface area (Å²) >= 11 is 0. The molecule has 2 aliphatic heterocycles. The molecule has 0 aliphatic carbocycles. The number of rotatable bonds is 3. The second-order valence-corrected chi connectivity index (χ2v) is 7.53. The van der Waals surface area contributed by atoms with Gasteiger partial charge in [0.05, 0.1) is 14.2 Å². The van der Waals surface area contributed by atoms with Gasteiger partial charge in [0, 0.05) is 39.6 Å². The van der Waals surface area contributed by atoms with Crippen LogP contribution in [0.1, 0.15) is 59.0 Å². The van der Waals surface area contributed by atoms with Gasteiger partial charge in [0.2, 0.25) is 0 Å². The highest BCUT2D eigenvalue weighted by molar-refractivity contribution is 5.83. The van der Waals surface area contributed by atoms with Gasteiger partial charge in [0.15, 0.2) is 11.5 Å². The first kappa shape index (κ1) is 11.1. The van der Waals surface area contributed by atoms with E-state index < -0.39 is 31.3 Å². The van der Waals surface area contributed by atoms with Gasteiger partial charge < -0.3 is 9.47 Å². The Morgan fingerprint density at radius 1 is 1.25 bits per heavy atom. The van der Waals surface area contributed by atoms with E-state index in [1.165, 1.54) is 26.4 Å². The zero-order chi connectivity index (χ0) is 22.9. The number of Topliss-reactive ketones (excluding diaryl/α,β-unsaturated/α-hetero) is 1. The number of hydrogen-bond acceptors (Lipinski definition) is 4. The Morgan fingerprint density at radius 2 is 1.92 bits per heavy atom. The number of ketones is 1. The van der Waals surface area contributed by atoms with Crippen molar-refractivity contribution in [1.82, 2.24) is 4.90 Å². The Labute approximate surface area is 153 Å². The molecule has 1 fully saturated rings. The molecule has 1 aromatic rings. The zero-order valence-electron chi connectivity index (χ0n) is 20.9. The first-order valence-corrected chi connectivity index (χ1v) is 8.18. The van der Waals surface area contributed by atoms with Crippen LogP contribution in [-0.4, -0.2) is 37.9 Å². The molecule has 3 rings (SSSR count). The lowest BCUT2D eigenvalue weighted by atomic mass is 9.76. The van der Waals surface area contributed by atoms with Crippen molar-refractivity contribution in [2.24, 2.45) is 11.3 Å². The van der Waals surface area contributed by atoms with Crippen LogP contribution in [0.5, 0.6) is 11.5 Å². The zero-order valence-corrected chi connectivity index (χ0v) is 14.9. The van der Waals surface area contributed by atoms with E-state index in [4.69, 9.17) is 17.7 Å². The van der Waals surface area contributed by atoms with Gasteiger partial charge in [0.1, 0.15) is 5.78 Å². The molecule has 132 valence electrons. The first-order chi connectivity index (χ1) is 13.6. The van der Waals surface area contributed by atoms with Crippen LogP contribution in [0.4, 0.5) is 0 Å². The van der Waals surface area contributed by atoms with Crippen LogP contribution in [0.15, 0.2) is 12.1 Å². The maximum absolute atomic E-state index is 13.1. The summed E-state index contributed by atoms with van der Waals surface area (Å²) in [7, 11) is 2.84. The van der Waals surface area contributed by atoms with E-state index in [-0.39, 0.29) is 35.4 Å². The smallest absolute Gasteiger partial charge is 0.161 e. The summed E-state index contributed by atoms with van der Waals surface area (Å²) in [6.07, 6.45) is -2.41. The number of carbonyl (C=O) groups excluding carboxylic acids is 1. The number of fused-ring (bicyclic) bond motifs is 3. The minimum Gasteiger partial charge on any atom is -0.493 e. The van der Waals surface area contributed by atoms with Crippen LogP contribution in [0.2, 0.25) is 0 Å². The quantitative estimate of drug-likeness (QED) is 0.844. The molecule has 1 aromatic carbocycles. The summed E-state index contributed by atoms with van der Waals surface area (Å²) in [5.74, 6) is -0.768. The summed E-state index contributed by atoms with van der Waals surface area (Å²) < 4.78 is 62.7. The maximum atomic E-state index is 13.1. The van der Waals surface area contributed by atoms with Gasteiger partial charge in [-0.2, -0.15) is 0 Å². The Hall–Kier alpha value is -1.55. The van der Waals surface area contributed by atoms with Gasteiger partial charge in [0.25, 0.3) is 0 Å². The molecule has 4 heteroatoms. The second kappa shape index (κ2) is 6.40. The van der Waals surface area contributed by atoms with E-state index in [0.717, 1.165) is 4.90 Å². The van der Waals surface area contributed by atoms with E-state index in [0.29, 0.717) is 11.3 Å². The van der Waals surface area contributed by atoms with Crippen molar-refractivity contribution >= 4 is 5.78 Å². The number of carbonyl (C=O) groups is 1. The highest BCUT2D eigenvalue weighted by atomic mass is 16.5. The van der Waals surface area contributed by atoms with Crippen molar-refractivity contribution in [3.05, 3.63) is 23.3 Å². The predicted molar refractivity (Wildman–Crippen MR) is 94.8 cm³/mol. The summed E-state index contributed by atoms with van der Waals surface area (Å²) in [6, 6.07) is 1.98. The molecule has 2 heterocycles. The average Bonchev–Trinajstić information content (AvgIpc) is 2.61. The van der Waals surface area contributed by atoms with Crippen LogP contribution in [0, 0.1) is 11.3 Å². The third kappa shape index (κ3) is 3.30. The molecule has 0 N–H and O–H groups in total. The van der Waals surface area contributed by atoms with Crippen molar-refractivity contribution in [3.8, 4) is 11.5 Å². The van der Waals surface area contributed by atoms with Crippen molar-refractivity contribution in [1.29, 1.82) is 0 Å². The normalized spacial score (nSPS) is 34.3. The van der Waals surface area contributed by atoms with E-state index in [1.807, 2.05) is 20.8 Å². The minimum atomic E-state index is -2.69. The molecule has 24 heavy (non-hydrogen) atoms. The number of benzene rings is 1. The SMILES string of the molecule is [2H]C1([2H])[C@H](CC(C)(C)C)C(=O)C[C@H]2c3cc(OC)c(OC)cc3C([2H])([2H])C([2H])([2H])N21. The molecular formula is C20H29NO3. The lowest BCUT2D eigenvalue weighted by Crippen LogP contribution is -2.47. The number of ether oxygens (including phenoxy) is 2. The summed E-state index contributed by atoms with van der Waals surface area (Å²) in [5, 5.41) is 0. The third-order valence-electron chi connectivity index (χ3n) is 4.43. The number of hydrogen-bond donors (Lipinski definition) is 0. The predicted octanol–water partition coefficient (Wildman–Crippen LogP) is 3.63. The van der Waals surface area contributed by atoms with Gasteiger partial charge >= 0.3 is 0 Å². The van der Waals surface area contributed by atoms with Gasteiger partial charge in [-0.25, -0.2) is 0 Å². The lowest BCUT2D eigenvalue weighted by molar-refractivity contribution is -0.130. The second-order valence-electron chi connectivity index (χ2n) is 7.53. The average molecular weight is 337 g/mol. The van der Waals surface area contributed by atoms with Gasteiger partial charge in [-0.05, 0) is 41.5 Å². The van der Waals surface area contributed by atoms with Gasteiger partial charge in [-0.3, -0.25) is 9.69 Å². The monoisotopic (exact) mass is 337 g/mol. The molecule has 0 saturated carbocycles. The topological polar surface area (TPSA) is 38.8 Å². The molecule has 0 radical (unpaired) electrons. The third-order valence-corrected chi connectivity index (χ3v) is 4.43. The molecule has 2 aliphatic rings. The molecule has 0 aromatic heterocycles. The van der Waals surface area contributed by atoms with Gasteiger partial charge in [-0.15, -0.1) is 0 Å². The Bertz CT molecular complexity index is 865. The number of methoxy groups -OCH3 is 2. The fraction of sp³-hybridized carbons (Fsp3) is 0.650. The highest BCUT2D eigenvalue weighted by Gasteiger charge is 2.39. The largest absolute Gasteiger partial charge is 0.493 e. The first-order valence-electron chi connectivity index (χ1n) is 11.2. The van der Waals surface area contributed by atoms with Crippen molar-refractivity contribution in [2.45, 2.75) is 46.0 Å². The van der Waals surface area contributed by atoms with Gasteiger partial charge in [-0.1, -0.05) is 20.8 Å². The maximum Gasteiger partial charge on any atom is 0.161 e. The fourth-order valence-electron chi connectivity index (χ4n) is 3.28. The number of aryl methyl sites for hydroxylation is 1. The molecule has 2 atom stereocenters. The van der Waals surface area contributed by atoms with Crippen molar-refractivity contribution in [3.63, 3.8) is 0 Å². The van der Waals surface area contributed by atoms with Crippen LogP contribution in [-0.2, 0) is 11.2 Å². The summed E-state index contributed by atoms with van der Waals surface area (Å²) in [5.41, 5.74) is 0.0414. The summed E-state index contributed by atoms with van der Waals surface area (Å²) in [4.78, 5) is 14.0. The van der Waals surface area contributed by atoms with Crippen molar-refractivity contribution < 1.29 is 22.5 Å². The minimum absolute atomic E-state index is 0.0456. The van der Waals surface area contributed by atoms with E-state index >= 15 is 0 Å². The van der Waals surface area contributed by atoms with Crippen LogP contribution < -0.4 is 9.47 Å². The molecular weight excluding hydrogens is 302 g/mol. The Morgan fingerprint density at radius 3 is 2.54 bits per heavy atom. The molecule has 0 spiro atoms. The molecule has 4 nitrogen and oxygen atoms in total. The van der Waals surface area contributed by atoms with Crippen LogP contribution in [0.3, 0.4) is 0 Å². The molecule has 0 bridgehead atoms. The Kier molecular flexibility index (Phi) is 2.97. The lowest BCUT2D eigenvalue weighted by Gasteiger charge is -2.44. The molecule has 0 unspecified atom stereocenters. The van der Waals surface area contributed by atoms with E-state index in [9.17, 15) is 4.79 Å². The number of nitrogens with zero attached hydrogens (tertiary/aromatic N) is 1. The highest BCUT2D eigenvalue weighted by Crippen LogP contribution is 2.43. The van der Waals surface area contributed by atoms with E-state index in [2.05, 4.69) is 0 Å². The van der Waals surface area contributed by atoms with Crippen LogP contribution in [0.25, 0.3) is 0 Å². The number of piperidine rings is 1. The fourth-order valence-corrected chi connectivity index (χ4v) is 3.28. The van der Waals surface area contributed by atoms with E-state index in [1.54, 1.807) is 0 Å². The Balaban J connectivity index is 2.25. The summed E-state index contributed by atoms with van der Waals surface area (Å²) in [6.45, 7) is 0.649.